The maximum Gasteiger partial charge on any atom is 0.227 e. The minimum Gasteiger partial charge on any atom is -0.330 e. The van der Waals surface area contributed by atoms with Crippen molar-refractivity contribution in [3.8, 4) is 6.07 Å². The average molecular weight is 259 g/mol. The molecule has 4 nitrogen and oxygen atoms in total. The van der Waals surface area contributed by atoms with Crippen LogP contribution in [0.25, 0.3) is 0 Å². The van der Waals surface area contributed by atoms with Gasteiger partial charge in [-0.1, -0.05) is 25.1 Å². The Bertz CT molecular complexity index is 425. The summed E-state index contributed by atoms with van der Waals surface area (Å²) in [6.07, 6.45) is 1.59. The summed E-state index contributed by atoms with van der Waals surface area (Å²) in [5.41, 5.74) is 6.41. The first-order valence-corrected chi connectivity index (χ1v) is 6.61. The van der Waals surface area contributed by atoms with Gasteiger partial charge in [0.05, 0.1) is 12.5 Å². The fourth-order valence-electron chi connectivity index (χ4n) is 1.79. The lowest BCUT2D eigenvalue weighted by Crippen LogP contribution is -2.32. The highest BCUT2D eigenvalue weighted by Gasteiger charge is 2.15. The normalized spacial score (nSPS) is 11.6. The molecule has 1 aromatic carbocycles. The van der Waals surface area contributed by atoms with Gasteiger partial charge in [-0.2, -0.15) is 5.26 Å². The van der Waals surface area contributed by atoms with Gasteiger partial charge in [0.15, 0.2) is 0 Å². The summed E-state index contributed by atoms with van der Waals surface area (Å²) in [5, 5.41) is 8.70. The molecule has 0 heterocycles. The Morgan fingerprint density at radius 2 is 2.11 bits per heavy atom. The van der Waals surface area contributed by atoms with Gasteiger partial charge in [0.25, 0.3) is 0 Å². The van der Waals surface area contributed by atoms with Crippen molar-refractivity contribution in [3.05, 3.63) is 30.3 Å². The molecule has 19 heavy (non-hydrogen) atoms. The van der Waals surface area contributed by atoms with E-state index in [1.807, 2.05) is 37.3 Å². The summed E-state index contributed by atoms with van der Waals surface area (Å²) in [6, 6.07) is 11.6. The van der Waals surface area contributed by atoms with Crippen molar-refractivity contribution in [1.29, 1.82) is 5.26 Å². The van der Waals surface area contributed by atoms with Crippen LogP contribution in [0.5, 0.6) is 0 Å². The summed E-state index contributed by atoms with van der Waals surface area (Å²) in [4.78, 5) is 13.9. The van der Waals surface area contributed by atoms with Gasteiger partial charge in [-0.3, -0.25) is 4.79 Å². The van der Waals surface area contributed by atoms with Gasteiger partial charge in [0.2, 0.25) is 5.91 Å². The van der Waals surface area contributed by atoms with Crippen molar-refractivity contribution < 1.29 is 4.79 Å². The summed E-state index contributed by atoms with van der Waals surface area (Å²) in [5.74, 6) is 0.402. The Kier molecular flexibility index (Phi) is 6.62. The highest BCUT2D eigenvalue weighted by atomic mass is 16.2. The number of benzene rings is 1. The minimum atomic E-state index is 0.0572. The molecule has 102 valence electrons. The zero-order valence-corrected chi connectivity index (χ0v) is 11.4. The zero-order valence-electron chi connectivity index (χ0n) is 11.4. The van der Waals surface area contributed by atoms with E-state index in [9.17, 15) is 4.79 Å². The van der Waals surface area contributed by atoms with Gasteiger partial charge in [-0.15, -0.1) is 0 Å². The predicted octanol–water partition coefficient (Wildman–Crippen LogP) is 2.31. The molecule has 1 amide bonds. The first-order chi connectivity index (χ1) is 9.19. The summed E-state index contributed by atoms with van der Waals surface area (Å²) < 4.78 is 0. The number of carbonyl (C=O) groups excluding carboxylic acids is 1. The Labute approximate surface area is 114 Å². The number of hydrogen-bond donors (Lipinski definition) is 1. The lowest BCUT2D eigenvalue weighted by atomic mass is 10.1. The Morgan fingerprint density at radius 3 is 2.68 bits per heavy atom. The molecule has 1 atom stereocenters. The molecule has 0 radical (unpaired) electrons. The van der Waals surface area contributed by atoms with Gasteiger partial charge < -0.3 is 10.6 Å². The molecule has 1 aromatic rings. The van der Waals surface area contributed by atoms with E-state index in [0.717, 1.165) is 12.1 Å². The number of carbonyl (C=O) groups is 1. The third-order valence-corrected chi connectivity index (χ3v) is 3.07. The molecule has 0 spiro atoms. The van der Waals surface area contributed by atoms with Gasteiger partial charge in [0, 0.05) is 18.7 Å². The smallest absolute Gasteiger partial charge is 0.227 e. The molecular weight excluding hydrogens is 238 g/mol. The van der Waals surface area contributed by atoms with Gasteiger partial charge in [-0.05, 0) is 31.0 Å². The van der Waals surface area contributed by atoms with Crippen molar-refractivity contribution in [3.63, 3.8) is 0 Å². The number of nitrogens with zero attached hydrogens (tertiary/aromatic N) is 2. The first kappa shape index (κ1) is 15.2. The zero-order chi connectivity index (χ0) is 14.1. The molecule has 4 heteroatoms. The van der Waals surface area contributed by atoms with Crippen LogP contribution in [0.15, 0.2) is 30.3 Å². The van der Waals surface area contributed by atoms with E-state index in [-0.39, 0.29) is 5.91 Å². The Balaban J connectivity index is 2.69. The van der Waals surface area contributed by atoms with Crippen LogP contribution < -0.4 is 10.6 Å². The van der Waals surface area contributed by atoms with E-state index in [4.69, 9.17) is 11.0 Å². The fourth-order valence-corrected chi connectivity index (χ4v) is 1.79. The maximum absolute atomic E-state index is 12.2. The number of amides is 1. The molecule has 2 N–H and O–H groups in total. The lowest BCUT2D eigenvalue weighted by Gasteiger charge is -2.22. The van der Waals surface area contributed by atoms with E-state index in [1.54, 1.807) is 4.90 Å². The van der Waals surface area contributed by atoms with Crippen LogP contribution in [0.4, 0.5) is 5.69 Å². The molecule has 0 aliphatic carbocycles. The molecule has 0 aromatic heterocycles. The fraction of sp³-hybridized carbons (Fsp3) is 0.467. The SMILES string of the molecule is CC(CN)CCC(=O)N(CCC#N)c1ccccc1. The number of rotatable bonds is 7. The number of nitrogens with two attached hydrogens (primary N) is 1. The van der Waals surface area contributed by atoms with Crippen molar-refractivity contribution >= 4 is 11.6 Å². The minimum absolute atomic E-state index is 0.0572. The maximum atomic E-state index is 12.2. The van der Waals surface area contributed by atoms with Crippen LogP contribution in [0.2, 0.25) is 0 Å². The predicted molar refractivity (Wildman–Crippen MR) is 76.5 cm³/mol. The van der Waals surface area contributed by atoms with E-state index >= 15 is 0 Å². The van der Waals surface area contributed by atoms with E-state index in [0.29, 0.717) is 31.8 Å². The second-order valence-electron chi connectivity index (χ2n) is 4.67. The molecule has 0 bridgehead atoms. The van der Waals surface area contributed by atoms with Crippen LogP contribution in [-0.4, -0.2) is 19.0 Å². The molecular formula is C15H21N3O. The van der Waals surface area contributed by atoms with Crippen LogP contribution in [0.1, 0.15) is 26.2 Å². The highest BCUT2D eigenvalue weighted by Crippen LogP contribution is 2.16. The molecule has 0 fully saturated rings. The van der Waals surface area contributed by atoms with Crippen LogP contribution >= 0.6 is 0 Å². The summed E-state index contributed by atoms with van der Waals surface area (Å²) >= 11 is 0. The number of hydrogen-bond acceptors (Lipinski definition) is 3. The summed E-state index contributed by atoms with van der Waals surface area (Å²) in [6.45, 7) is 3.07. The van der Waals surface area contributed by atoms with Gasteiger partial charge in [-0.25, -0.2) is 0 Å². The highest BCUT2D eigenvalue weighted by molar-refractivity contribution is 5.93. The molecule has 0 saturated heterocycles. The summed E-state index contributed by atoms with van der Waals surface area (Å²) in [7, 11) is 0. The third kappa shape index (κ3) is 5.11. The van der Waals surface area contributed by atoms with E-state index in [2.05, 4.69) is 6.07 Å². The van der Waals surface area contributed by atoms with Crippen LogP contribution in [-0.2, 0) is 4.79 Å². The second-order valence-corrected chi connectivity index (χ2v) is 4.67. The first-order valence-electron chi connectivity index (χ1n) is 6.61. The van der Waals surface area contributed by atoms with Crippen molar-refractivity contribution in [2.75, 3.05) is 18.0 Å². The molecule has 0 aliphatic heterocycles. The Morgan fingerprint density at radius 1 is 1.42 bits per heavy atom. The van der Waals surface area contributed by atoms with Crippen LogP contribution in [0.3, 0.4) is 0 Å². The largest absolute Gasteiger partial charge is 0.330 e. The molecule has 0 saturated carbocycles. The van der Waals surface area contributed by atoms with Crippen LogP contribution in [0, 0.1) is 17.2 Å². The molecule has 1 rings (SSSR count). The van der Waals surface area contributed by atoms with E-state index in [1.165, 1.54) is 0 Å². The number of anilines is 1. The standard InChI is InChI=1S/C15H21N3O/c1-13(12-17)8-9-15(19)18(11-5-10-16)14-6-3-2-4-7-14/h2-4,6-7,13H,5,8-9,11-12,17H2,1H3. The van der Waals surface area contributed by atoms with E-state index < -0.39 is 0 Å². The average Bonchev–Trinajstić information content (AvgIpc) is 2.46. The van der Waals surface area contributed by atoms with Crippen molar-refractivity contribution in [2.24, 2.45) is 11.7 Å². The number of nitriles is 1. The van der Waals surface area contributed by atoms with Crippen molar-refractivity contribution in [2.45, 2.75) is 26.2 Å². The van der Waals surface area contributed by atoms with Gasteiger partial charge in [0.1, 0.15) is 0 Å². The third-order valence-electron chi connectivity index (χ3n) is 3.07. The number of para-hydroxylation sites is 1. The lowest BCUT2D eigenvalue weighted by molar-refractivity contribution is -0.118. The topological polar surface area (TPSA) is 70.1 Å². The quantitative estimate of drug-likeness (QED) is 0.816. The molecule has 1 unspecified atom stereocenters. The monoisotopic (exact) mass is 259 g/mol. The van der Waals surface area contributed by atoms with Crippen molar-refractivity contribution in [1.82, 2.24) is 0 Å². The van der Waals surface area contributed by atoms with Gasteiger partial charge >= 0.3 is 0 Å². The molecule has 0 aliphatic rings. The second kappa shape index (κ2) is 8.28. The Hall–Kier alpha value is -1.86.